The maximum Gasteiger partial charge on any atom is 0.239 e. The van der Waals surface area contributed by atoms with E-state index >= 15 is 0 Å². The highest BCUT2D eigenvalue weighted by Gasteiger charge is 2.13. The average molecular weight is 233 g/mol. The summed E-state index contributed by atoms with van der Waals surface area (Å²) in [5.41, 5.74) is 0.790. The van der Waals surface area contributed by atoms with Crippen molar-refractivity contribution in [2.75, 3.05) is 5.75 Å². The van der Waals surface area contributed by atoms with Crippen LogP contribution >= 0.6 is 10.7 Å². The Balaban J connectivity index is 2.59. The van der Waals surface area contributed by atoms with Crippen LogP contribution in [0.4, 0.5) is 0 Å². The third-order valence-electron chi connectivity index (χ3n) is 1.58. The minimum Gasteiger partial charge on any atom is -0.298 e. The van der Waals surface area contributed by atoms with E-state index in [1.54, 1.807) is 24.3 Å². The second-order valence-electron chi connectivity index (χ2n) is 2.88. The molecule has 3 nitrogen and oxygen atoms in total. The molecule has 5 heteroatoms. The first-order valence-electron chi connectivity index (χ1n) is 3.95. The van der Waals surface area contributed by atoms with E-state index in [1.165, 1.54) is 0 Å². The number of Topliss-reactive ketones (excluding diaryl/α,β-unsaturated/α-hetero) is 1. The highest BCUT2D eigenvalue weighted by atomic mass is 35.7. The van der Waals surface area contributed by atoms with Gasteiger partial charge in [0.25, 0.3) is 0 Å². The molecule has 0 unspecified atom stereocenters. The number of carbonyl (C=O) groups excluding carboxylic acids is 1. The molecule has 0 spiro atoms. The molecule has 1 rings (SSSR count). The van der Waals surface area contributed by atoms with E-state index in [1.807, 2.05) is 6.07 Å². The van der Waals surface area contributed by atoms with Crippen LogP contribution in [0.3, 0.4) is 0 Å². The van der Waals surface area contributed by atoms with Crippen molar-refractivity contribution in [3.8, 4) is 0 Å². The summed E-state index contributed by atoms with van der Waals surface area (Å²) in [6.45, 7) is 0. The van der Waals surface area contributed by atoms with Crippen molar-refractivity contribution in [3.63, 3.8) is 0 Å². The molecule has 1 aromatic carbocycles. The Morgan fingerprint density at radius 3 is 2.29 bits per heavy atom. The molecule has 0 amide bonds. The first-order valence-corrected chi connectivity index (χ1v) is 6.43. The monoisotopic (exact) mass is 232 g/mol. The molecule has 0 aliphatic rings. The Hall–Kier alpha value is -0.870. The molecule has 0 N–H and O–H groups in total. The molecule has 0 atom stereocenters. The molecule has 0 aliphatic heterocycles. The van der Waals surface area contributed by atoms with E-state index < -0.39 is 20.6 Å². The van der Waals surface area contributed by atoms with Crippen LogP contribution in [-0.2, 0) is 20.3 Å². The average Bonchev–Trinajstić information content (AvgIpc) is 2.02. The van der Waals surface area contributed by atoms with Gasteiger partial charge in [-0.3, -0.25) is 4.79 Å². The van der Waals surface area contributed by atoms with E-state index in [0.717, 1.165) is 5.56 Å². The zero-order valence-corrected chi connectivity index (χ0v) is 8.88. The zero-order chi connectivity index (χ0) is 10.6. The van der Waals surface area contributed by atoms with Gasteiger partial charge in [-0.1, -0.05) is 30.3 Å². The van der Waals surface area contributed by atoms with Crippen LogP contribution < -0.4 is 0 Å². The fourth-order valence-corrected chi connectivity index (χ4v) is 1.92. The minimum absolute atomic E-state index is 0.104. The lowest BCUT2D eigenvalue weighted by Gasteiger charge is -1.98. The number of carbonyl (C=O) groups is 1. The smallest absolute Gasteiger partial charge is 0.239 e. The van der Waals surface area contributed by atoms with Crippen LogP contribution in [0.2, 0.25) is 0 Å². The summed E-state index contributed by atoms with van der Waals surface area (Å²) in [6.07, 6.45) is 0.104. The molecule has 0 saturated carbocycles. The molecule has 0 aromatic heterocycles. The standard InChI is InChI=1S/C9H9ClO3S/c10-14(12,13)7-9(11)6-8-4-2-1-3-5-8/h1-5H,6-7H2. The second-order valence-corrected chi connectivity index (χ2v) is 5.66. The topological polar surface area (TPSA) is 51.2 Å². The molecule has 0 saturated heterocycles. The summed E-state index contributed by atoms with van der Waals surface area (Å²) >= 11 is 0. The summed E-state index contributed by atoms with van der Waals surface area (Å²) in [4.78, 5) is 11.2. The van der Waals surface area contributed by atoms with E-state index in [2.05, 4.69) is 0 Å². The number of hydrogen-bond acceptors (Lipinski definition) is 3. The van der Waals surface area contributed by atoms with Crippen molar-refractivity contribution in [1.29, 1.82) is 0 Å². The van der Waals surface area contributed by atoms with Gasteiger partial charge in [0.1, 0.15) is 5.75 Å². The first-order chi connectivity index (χ1) is 6.47. The Labute approximate surface area is 87.1 Å². The molecule has 1 aromatic rings. The van der Waals surface area contributed by atoms with Crippen LogP contribution in [0.5, 0.6) is 0 Å². The van der Waals surface area contributed by atoms with E-state index in [0.29, 0.717) is 0 Å². The third-order valence-corrected chi connectivity index (χ3v) is 2.57. The van der Waals surface area contributed by atoms with Gasteiger partial charge in [-0.2, -0.15) is 0 Å². The lowest BCUT2D eigenvalue weighted by atomic mass is 10.1. The predicted octanol–water partition coefficient (Wildman–Crippen LogP) is 1.37. The number of ketones is 1. The Morgan fingerprint density at radius 2 is 1.79 bits per heavy atom. The van der Waals surface area contributed by atoms with Crippen LogP contribution in [0.25, 0.3) is 0 Å². The first kappa shape index (κ1) is 11.2. The molecule has 0 aliphatic carbocycles. The van der Waals surface area contributed by atoms with E-state index in [-0.39, 0.29) is 6.42 Å². The van der Waals surface area contributed by atoms with Crippen LogP contribution in [0.15, 0.2) is 30.3 Å². The van der Waals surface area contributed by atoms with Gasteiger partial charge in [0.15, 0.2) is 5.78 Å². The summed E-state index contributed by atoms with van der Waals surface area (Å²) in [6, 6.07) is 8.93. The number of hydrogen-bond donors (Lipinski definition) is 0. The normalized spacial score (nSPS) is 11.2. The zero-order valence-electron chi connectivity index (χ0n) is 7.31. The van der Waals surface area contributed by atoms with Crippen molar-refractivity contribution in [1.82, 2.24) is 0 Å². The Bertz CT molecular complexity index is 411. The minimum atomic E-state index is -3.72. The molecule has 0 radical (unpaired) electrons. The SMILES string of the molecule is O=C(Cc1ccccc1)CS(=O)(=O)Cl. The largest absolute Gasteiger partial charge is 0.298 e. The molecular formula is C9H9ClO3S. The number of halogens is 1. The molecule has 76 valence electrons. The fourth-order valence-electron chi connectivity index (χ4n) is 1.07. The lowest BCUT2D eigenvalue weighted by Crippen LogP contribution is -2.13. The summed E-state index contributed by atoms with van der Waals surface area (Å²) < 4.78 is 21.2. The summed E-state index contributed by atoms with van der Waals surface area (Å²) in [7, 11) is 1.22. The molecule has 0 bridgehead atoms. The highest BCUT2D eigenvalue weighted by Crippen LogP contribution is 2.03. The van der Waals surface area contributed by atoms with Gasteiger partial charge in [-0.05, 0) is 5.56 Å². The molecule has 0 heterocycles. The van der Waals surface area contributed by atoms with Crippen molar-refractivity contribution in [2.24, 2.45) is 0 Å². The van der Waals surface area contributed by atoms with Gasteiger partial charge in [-0.15, -0.1) is 0 Å². The predicted molar refractivity (Wildman–Crippen MR) is 54.8 cm³/mol. The van der Waals surface area contributed by atoms with E-state index in [9.17, 15) is 13.2 Å². The van der Waals surface area contributed by atoms with Crippen molar-refractivity contribution in [3.05, 3.63) is 35.9 Å². The lowest BCUT2D eigenvalue weighted by molar-refractivity contribution is -0.116. The Kier molecular flexibility index (Phi) is 3.66. The Morgan fingerprint density at radius 1 is 1.21 bits per heavy atom. The van der Waals surface area contributed by atoms with Gasteiger partial charge >= 0.3 is 0 Å². The van der Waals surface area contributed by atoms with Crippen LogP contribution in [0.1, 0.15) is 5.56 Å². The fraction of sp³-hybridized carbons (Fsp3) is 0.222. The van der Waals surface area contributed by atoms with Crippen molar-refractivity contribution >= 4 is 25.5 Å². The second kappa shape index (κ2) is 4.57. The van der Waals surface area contributed by atoms with Crippen LogP contribution in [0, 0.1) is 0 Å². The number of rotatable bonds is 4. The van der Waals surface area contributed by atoms with Gasteiger partial charge in [0, 0.05) is 17.1 Å². The van der Waals surface area contributed by atoms with Gasteiger partial charge in [-0.25, -0.2) is 8.42 Å². The maximum absolute atomic E-state index is 11.2. The van der Waals surface area contributed by atoms with Gasteiger partial charge < -0.3 is 0 Å². The van der Waals surface area contributed by atoms with Gasteiger partial charge in [0.05, 0.1) is 0 Å². The number of benzene rings is 1. The maximum atomic E-state index is 11.2. The van der Waals surface area contributed by atoms with Crippen molar-refractivity contribution in [2.45, 2.75) is 6.42 Å². The van der Waals surface area contributed by atoms with Crippen molar-refractivity contribution < 1.29 is 13.2 Å². The summed E-state index contributed by atoms with van der Waals surface area (Å²) in [5.74, 6) is -1.00. The quantitative estimate of drug-likeness (QED) is 0.737. The third kappa shape index (κ3) is 4.39. The van der Waals surface area contributed by atoms with Crippen LogP contribution in [-0.4, -0.2) is 20.0 Å². The summed E-state index contributed by atoms with van der Waals surface area (Å²) in [5, 5.41) is 0. The van der Waals surface area contributed by atoms with E-state index in [4.69, 9.17) is 10.7 Å². The highest BCUT2D eigenvalue weighted by molar-refractivity contribution is 8.14. The molecular weight excluding hydrogens is 224 g/mol. The molecule has 0 fully saturated rings. The van der Waals surface area contributed by atoms with Gasteiger partial charge in [0.2, 0.25) is 9.05 Å². The molecule has 14 heavy (non-hydrogen) atoms.